The molecule has 0 amide bonds. The first-order chi connectivity index (χ1) is 15.1. The molecule has 3 aromatic rings. The van der Waals surface area contributed by atoms with Gasteiger partial charge in [-0.1, -0.05) is 30.3 Å². The molecular formula is C23H30N6O2. The normalized spacial score (nSPS) is 12.6. The lowest BCUT2D eigenvalue weighted by molar-refractivity contribution is 0.180. The maximum absolute atomic E-state index is 10.5. The van der Waals surface area contributed by atoms with Crippen molar-refractivity contribution in [3.05, 3.63) is 72.3 Å². The third kappa shape index (κ3) is 6.55. The summed E-state index contributed by atoms with van der Waals surface area (Å²) in [6.07, 6.45) is 1.12. The first-order valence-electron chi connectivity index (χ1n) is 10.5. The minimum Gasteiger partial charge on any atom is -0.491 e. The third-order valence-corrected chi connectivity index (χ3v) is 4.48. The van der Waals surface area contributed by atoms with E-state index in [2.05, 4.69) is 25.8 Å². The van der Waals surface area contributed by atoms with Crippen molar-refractivity contribution in [2.45, 2.75) is 39.5 Å². The molecule has 1 atom stereocenters. The quantitative estimate of drug-likeness (QED) is 0.362. The van der Waals surface area contributed by atoms with Crippen LogP contribution in [-0.2, 0) is 6.54 Å². The summed E-state index contributed by atoms with van der Waals surface area (Å²) >= 11 is 0. The molecule has 2 aromatic carbocycles. The lowest BCUT2D eigenvalue weighted by atomic mass is 10.1. The van der Waals surface area contributed by atoms with Gasteiger partial charge in [-0.3, -0.25) is 4.57 Å². The highest BCUT2D eigenvalue weighted by molar-refractivity contribution is 5.79. The second kappa shape index (κ2) is 11.1. The Kier molecular flexibility index (Phi) is 8.00. The first kappa shape index (κ1) is 22.3. The van der Waals surface area contributed by atoms with Crippen LogP contribution < -0.4 is 15.4 Å². The van der Waals surface area contributed by atoms with Crippen LogP contribution in [0.5, 0.6) is 5.75 Å². The number of hydrogen-bond acceptors (Lipinski definition) is 5. The average molecular weight is 423 g/mol. The highest BCUT2D eigenvalue weighted by Crippen LogP contribution is 2.18. The molecule has 0 aliphatic heterocycles. The summed E-state index contributed by atoms with van der Waals surface area (Å²) in [4.78, 5) is 4.59. The number of aliphatic hydroxyl groups excluding tert-OH is 1. The van der Waals surface area contributed by atoms with Gasteiger partial charge in [0.25, 0.3) is 0 Å². The Hall–Kier alpha value is -3.39. The zero-order valence-electron chi connectivity index (χ0n) is 18.2. The zero-order valence-corrected chi connectivity index (χ0v) is 18.2. The summed E-state index contributed by atoms with van der Waals surface area (Å²) < 4.78 is 7.55. The monoisotopic (exact) mass is 422 g/mol. The van der Waals surface area contributed by atoms with E-state index in [9.17, 15) is 5.11 Å². The van der Waals surface area contributed by atoms with Crippen molar-refractivity contribution in [1.29, 1.82) is 0 Å². The summed E-state index contributed by atoms with van der Waals surface area (Å²) in [7, 11) is 0. The van der Waals surface area contributed by atoms with Gasteiger partial charge < -0.3 is 20.5 Å². The highest BCUT2D eigenvalue weighted by Gasteiger charge is 2.10. The van der Waals surface area contributed by atoms with Crippen LogP contribution in [0.15, 0.2) is 65.9 Å². The topological polar surface area (TPSA) is 96.6 Å². The molecule has 31 heavy (non-hydrogen) atoms. The van der Waals surface area contributed by atoms with Crippen molar-refractivity contribution in [3.8, 4) is 11.4 Å². The number of aromatic nitrogens is 3. The van der Waals surface area contributed by atoms with E-state index in [1.807, 2.05) is 79.9 Å². The number of benzene rings is 2. The van der Waals surface area contributed by atoms with Crippen molar-refractivity contribution in [2.75, 3.05) is 13.1 Å². The molecule has 0 aliphatic carbocycles. The molecule has 1 heterocycles. The van der Waals surface area contributed by atoms with E-state index in [0.717, 1.165) is 22.8 Å². The van der Waals surface area contributed by atoms with Crippen molar-refractivity contribution in [2.24, 2.45) is 4.99 Å². The predicted octanol–water partition coefficient (Wildman–Crippen LogP) is 2.84. The zero-order chi connectivity index (χ0) is 22.1. The maximum Gasteiger partial charge on any atom is 0.191 e. The van der Waals surface area contributed by atoms with E-state index in [-0.39, 0.29) is 6.10 Å². The van der Waals surface area contributed by atoms with Crippen molar-refractivity contribution < 1.29 is 9.84 Å². The smallest absolute Gasteiger partial charge is 0.191 e. The molecule has 0 fully saturated rings. The van der Waals surface area contributed by atoms with Gasteiger partial charge in [-0.05, 0) is 50.6 Å². The van der Waals surface area contributed by atoms with Gasteiger partial charge in [0.15, 0.2) is 11.8 Å². The Morgan fingerprint density at radius 1 is 1.10 bits per heavy atom. The number of hydrogen-bond donors (Lipinski definition) is 3. The molecule has 0 aliphatic rings. The average Bonchev–Trinajstić information content (AvgIpc) is 3.25. The van der Waals surface area contributed by atoms with Crippen LogP contribution in [0.2, 0.25) is 0 Å². The van der Waals surface area contributed by atoms with Crippen LogP contribution in [0.3, 0.4) is 0 Å². The van der Waals surface area contributed by atoms with E-state index in [0.29, 0.717) is 25.6 Å². The Morgan fingerprint density at radius 3 is 2.52 bits per heavy atom. The van der Waals surface area contributed by atoms with Crippen molar-refractivity contribution in [3.63, 3.8) is 0 Å². The molecule has 164 valence electrons. The SMILES string of the molecule is CCNC(=NCc1nncn1-c1ccccc1)NCC(O)c1ccc(OC(C)C)cc1. The van der Waals surface area contributed by atoms with Gasteiger partial charge in [0.1, 0.15) is 18.6 Å². The van der Waals surface area contributed by atoms with Crippen LogP contribution in [0.1, 0.15) is 38.3 Å². The lowest BCUT2D eigenvalue weighted by Gasteiger charge is -2.16. The van der Waals surface area contributed by atoms with Crippen LogP contribution >= 0.6 is 0 Å². The van der Waals surface area contributed by atoms with Crippen molar-refractivity contribution in [1.82, 2.24) is 25.4 Å². The minimum atomic E-state index is -0.676. The van der Waals surface area contributed by atoms with E-state index >= 15 is 0 Å². The number of para-hydroxylation sites is 1. The number of aliphatic imine (C=N–C) groups is 1. The lowest BCUT2D eigenvalue weighted by Crippen LogP contribution is -2.39. The number of aliphatic hydroxyl groups is 1. The van der Waals surface area contributed by atoms with Gasteiger partial charge in [-0.2, -0.15) is 0 Å². The third-order valence-electron chi connectivity index (χ3n) is 4.48. The summed E-state index contributed by atoms with van der Waals surface area (Å²) in [6.45, 7) is 7.33. The van der Waals surface area contributed by atoms with Crippen LogP contribution in [0.4, 0.5) is 0 Å². The number of nitrogens with one attached hydrogen (secondary N) is 2. The molecule has 3 rings (SSSR count). The summed E-state index contributed by atoms with van der Waals surface area (Å²) in [6, 6.07) is 17.4. The van der Waals surface area contributed by atoms with E-state index in [4.69, 9.17) is 4.74 Å². The highest BCUT2D eigenvalue weighted by atomic mass is 16.5. The Bertz CT molecular complexity index is 954. The van der Waals surface area contributed by atoms with E-state index in [1.165, 1.54) is 0 Å². The fraction of sp³-hybridized carbons (Fsp3) is 0.348. The Balaban J connectivity index is 1.61. The summed E-state index contributed by atoms with van der Waals surface area (Å²) in [5.74, 6) is 2.12. The Labute approximate surface area is 183 Å². The fourth-order valence-corrected chi connectivity index (χ4v) is 3.01. The predicted molar refractivity (Wildman–Crippen MR) is 121 cm³/mol. The van der Waals surface area contributed by atoms with Gasteiger partial charge in [0.05, 0.1) is 12.2 Å². The summed E-state index contributed by atoms with van der Waals surface area (Å²) in [5, 5.41) is 25.1. The second-order valence-electron chi connectivity index (χ2n) is 7.28. The number of guanidine groups is 1. The van der Waals surface area contributed by atoms with Crippen molar-refractivity contribution >= 4 is 5.96 Å². The number of ether oxygens (including phenoxy) is 1. The van der Waals surface area contributed by atoms with Gasteiger partial charge in [-0.25, -0.2) is 4.99 Å². The standard InChI is InChI=1S/C23H30N6O2/c1-4-24-23(25-14-21(30)18-10-12-20(13-11-18)31-17(2)3)26-15-22-28-27-16-29(22)19-8-6-5-7-9-19/h5-13,16-17,21,30H,4,14-15H2,1-3H3,(H2,24,25,26). The van der Waals surface area contributed by atoms with Crippen LogP contribution in [0, 0.1) is 0 Å². The molecule has 1 unspecified atom stereocenters. The van der Waals surface area contributed by atoms with Gasteiger partial charge in [0, 0.05) is 18.8 Å². The number of rotatable bonds is 9. The largest absolute Gasteiger partial charge is 0.491 e. The molecule has 0 saturated carbocycles. The molecule has 0 saturated heterocycles. The molecule has 0 bridgehead atoms. The number of nitrogens with zero attached hydrogens (tertiary/aromatic N) is 4. The molecular weight excluding hydrogens is 392 g/mol. The van der Waals surface area contributed by atoms with E-state index in [1.54, 1.807) is 6.33 Å². The van der Waals surface area contributed by atoms with E-state index < -0.39 is 6.10 Å². The Morgan fingerprint density at radius 2 is 1.84 bits per heavy atom. The molecule has 8 nitrogen and oxygen atoms in total. The molecule has 8 heteroatoms. The van der Waals surface area contributed by atoms with Gasteiger partial charge >= 0.3 is 0 Å². The first-order valence-corrected chi connectivity index (χ1v) is 10.5. The molecule has 0 spiro atoms. The summed E-state index contributed by atoms with van der Waals surface area (Å²) in [5.41, 5.74) is 1.79. The minimum absolute atomic E-state index is 0.115. The molecule has 1 aromatic heterocycles. The molecule has 0 radical (unpaired) electrons. The van der Waals surface area contributed by atoms with Gasteiger partial charge in [-0.15, -0.1) is 10.2 Å². The fourth-order valence-electron chi connectivity index (χ4n) is 3.01. The molecule has 3 N–H and O–H groups in total. The van der Waals surface area contributed by atoms with Crippen LogP contribution in [-0.4, -0.2) is 45.0 Å². The maximum atomic E-state index is 10.5. The van der Waals surface area contributed by atoms with Gasteiger partial charge in [0.2, 0.25) is 0 Å². The second-order valence-corrected chi connectivity index (χ2v) is 7.28. The van der Waals surface area contributed by atoms with Crippen LogP contribution in [0.25, 0.3) is 5.69 Å².